The lowest BCUT2D eigenvalue weighted by Gasteiger charge is -2.46. The minimum absolute atomic E-state index is 0.116. The van der Waals surface area contributed by atoms with Crippen LogP contribution in [0.2, 0.25) is 0 Å². The SMILES string of the molecule is COC(=O)[C@H]1C2C[C@@H](O[C@@H]3O[C@H](C)[C@@H](O)[C@H](NC(=O)C(N)CCCN)[C@@H]3O)/C=C/C=C/C=C/C=C/C=C/C=C/C=C/[C@H](C)[C@@H](O)[C@@H](C)[C@H](C)OC(=O)C[C@H](O)C[C@H](O)CC[C@@H](O)[C@H](O)C[C@H](O)C[C@](O)(C[C@@H]1O)O2. The lowest BCUT2D eigenvalue weighted by molar-refractivity contribution is -0.309. The van der Waals surface area contributed by atoms with Gasteiger partial charge in [-0.3, -0.25) is 14.4 Å². The van der Waals surface area contributed by atoms with E-state index in [0.29, 0.717) is 13.0 Å². The fraction of sp³-hybridized carbons (Fsp3) is 0.679. The molecule has 3 heterocycles. The molecule has 0 aromatic rings. The zero-order valence-electron chi connectivity index (χ0n) is 43.2. The first kappa shape index (κ1) is 64.3. The van der Waals surface area contributed by atoms with Gasteiger partial charge in [-0.05, 0) is 52.5 Å². The number of carbonyl (C=O) groups excluding carboxylic acids is 3. The second kappa shape index (κ2) is 32.5. The van der Waals surface area contributed by atoms with Crippen LogP contribution in [0, 0.1) is 17.8 Å². The number of amides is 1. The van der Waals surface area contributed by atoms with Gasteiger partial charge in [0.15, 0.2) is 12.1 Å². The smallest absolute Gasteiger partial charge is 0.313 e. The van der Waals surface area contributed by atoms with Crippen molar-refractivity contribution in [2.24, 2.45) is 29.2 Å². The van der Waals surface area contributed by atoms with Gasteiger partial charge >= 0.3 is 11.9 Å². The highest BCUT2D eigenvalue weighted by atomic mass is 16.7. The molecule has 21 heteroatoms. The molecule has 3 rings (SSSR count). The number of ether oxygens (including phenoxy) is 5. The van der Waals surface area contributed by atoms with E-state index in [0.717, 1.165) is 7.11 Å². The Morgan fingerprint density at radius 3 is 1.92 bits per heavy atom. The van der Waals surface area contributed by atoms with E-state index < -0.39 is 159 Å². The normalized spacial score (nSPS) is 41.7. The molecule has 0 aromatic heterocycles. The Morgan fingerprint density at radius 1 is 0.730 bits per heavy atom. The number of methoxy groups -OCH3 is 1. The van der Waals surface area contributed by atoms with Gasteiger partial charge in [0.2, 0.25) is 5.91 Å². The van der Waals surface area contributed by atoms with Gasteiger partial charge in [-0.1, -0.05) is 98.9 Å². The number of fused-ring (bicyclic) bond motifs is 2. The van der Waals surface area contributed by atoms with Crippen molar-refractivity contribution in [3.8, 4) is 0 Å². The van der Waals surface area contributed by atoms with E-state index in [2.05, 4.69) is 5.32 Å². The summed E-state index contributed by atoms with van der Waals surface area (Å²) in [6, 6.07) is -2.30. The highest BCUT2D eigenvalue weighted by molar-refractivity contribution is 5.81. The minimum atomic E-state index is -2.33. The number of allylic oxidation sites excluding steroid dienone is 12. The molecule has 0 aromatic carbocycles. The Kier molecular flexibility index (Phi) is 28.3. The van der Waals surface area contributed by atoms with Gasteiger partial charge < -0.3 is 91.5 Å². The predicted molar refractivity (Wildman–Crippen MR) is 272 cm³/mol. The second-order valence-corrected chi connectivity index (χ2v) is 19.7. The van der Waals surface area contributed by atoms with Crippen LogP contribution < -0.4 is 16.8 Å². The Bertz CT molecular complexity index is 1910. The molecule has 21 nitrogen and oxygen atoms in total. The van der Waals surface area contributed by atoms with E-state index in [9.17, 15) is 65.4 Å². The van der Waals surface area contributed by atoms with Crippen molar-refractivity contribution in [3.05, 3.63) is 85.1 Å². The van der Waals surface area contributed by atoms with Gasteiger partial charge in [-0.2, -0.15) is 0 Å². The van der Waals surface area contributed by atoms with Crippen molar-refractivity contribution in [2.75, 3.05) is 13.7 Å². The number of aliphatic hydroxyl groups is 10. The van der Waals surface area contributed by atoms with E-state index in [1.807, 2.05) is 13.0 Å². The van der Waals surface area contributed by atoms with Gasteiger partial charge in [0.05, 0.1) is 86.7 Å². The van der Waals surface area contributed by atoms with E-state index in [4.69, 9.17) is 35.2 Å². The molecule has 74 heavy (non-hydrogen) atoms. The van der Waals surface area contributed by atoms with Gasteiger partial charge in [-0.25, -0.2) is 0 Å². The lowest BCUT2D eigenvalue weighted by Crippen LogP contribution is -2.65. The third kappa shape index (κ3) is 21.5. The highest BCUT2D eigenvalue weighted by Crippen LogP contribution is 2.38. The van der Waals surface area contributed by atoms with Crippen molar-refractivity contribution >= 4 is 17.8 Å². The van der Waals surface area contributed by atoms with Crippen LogP contribution in [-0.4, -0.2) is 186 Å². The van der Waals surface area contributed by atoms with Crippen LogP contribution in [0.3, 0.4) is 0 Å². The van der Waals surface area contributed by atoms with Crippen molar-refractivity contribution in [1.29, 1.82) is 0 Å². The van der Waals surface area contributed by atoms with E-state index in [-0.39, 0.29) is 38.0 Å². The number of hydrogen-bond acceptors (Lipinski definition) is 20. The largest absolute Gasteiger partial charge is 0.469 e. The molecule has 2 bridgehead atoms. The minimum Gasteiger partial charge on any atom is -0.469 e. The highest BCUT2D eigenvalue weighted by Gasteiger charge is 2.51. The molecule has 3 aliphatic rings. The molecule has 3 aliphatic heterocycles. The zero-order valence-corrected chi connectivity index (χ0v) is 43.2. The molecule has 20 atom stereocenters. The fourth-order valence-electron chi connectivity index (χ4n) is 8.97. The third-order valence-corrected chi connectivity index (χ3v) is 13.5. The molecule has 420 valence electrons. The maximum absolute atomic E-state index is 13.2. The van der Waals surface area contributed by atoms with Crippen LogP contribution in [-0.2, 0) is 38.1 Å². The molecular weight excluding hydrogens is 967 g/mol. The van der Waals surface area contributed by atoms with Crippen molar-refractivity contribution in [1.82, 2.24) is 5.32 Å². The maximum Gasteiger partial charge on any atom is 0.313 e. The van der Waals surface area contributed by atoms with Crippen LogP contribution in [0.25, 0.3) is 0 Å². The number of nitrogens with one attached hydrogen (secondary N) is 1. The molecule has 2 fully saturated rings. The van der Waals surface area contributed by atoms with Crippen LogP contribution >= 0.6 is 0 Å². The van der Waals surface area contributed by atoms with E-state index in [1.54, 1.807) is 86.8 Å². The number of esters is 2. The molecule has 15 N–H and O–H groups in total. The molecule has 0 saturated carbocycles. The van der Waals surface area contributed by atoms with E-state index in [1.165, 1.54) is 13.0 Å². The lowest BCUT2D eigenvalue weighted by atomic mass is 9.82. The molecule has 0 spiro atoms. The first-order chi connectivity index (χ1) is 35.0. The monoisotopic (exact) mass is 1050 g/mol. The first-order valence-electron chi connectivity index (χ1n) is 25.6. The summed E-state index contributed by atoms with van der Waals surface area (Å²) in [5.74, 6) is -6.79. The Hall–Kier alpha value is -4.01. The van der Waals surface area contributed by atoms with E-state index >= 15 is 0 Å². The quantitative estimate of drug-likeness (QED) is 0.143. The van der Waals surface area contributed by atoms with Crippen molar-refractivity contribution in [3.63, 3.8) is 0 Å². The number of carbonyl (C=O) groups is 3. The van der Waals surface area contributed by atoms with Crippen LogP contribution in [0.5, 0.6) is 0 Å². The summed E-state index contributed by atoms with van der Waals surface area (Å²) in [6.07, 6.45) is 3.53. The van der Waals surface area contributed by atoms with Crippen LogP contribution in [0.1, 0.15) is 91.9 Å². The zero-order chi connectivity index (χ0) is 55.1. The molecular formula is C53H85N3O18. The van der Waals surface area contributed by atoms with Gasteiger partial charge in [0.1, 0.15) is 24.2 Å². The van der Waals surface area contributed by atoms with Crippen molar-refractivity contribution in [2.45, 2.75) is 195 Å². The third-order valence-electron chi connectivity index (χ3n) is 13.5. The number of rotatable bonds is 8. The average molecular weight is 1050 g/mol. The number of aliphatic hydroxyl groups excluding tert-OH is 9. The van der Waals surface area contributed by atoms with Crippen LogP contribution in [0.15, 0.2) is 85.1 Å². The maximum atomic E-state index is 13.2. The average Bonchev–Trinajstić information content (AvgIpc) is 3.33. The molecule has 2 unspecified atom stereocenters. The molecule has 0 aliphatic carbocycles. The van der Waals surface area contributed by atoms with Gasteiger partial charge in [-0.15, -0.1) is 0 Å². The standard InChI is InChI=1S/C53H85N3O18/c1-31-19-16-14-12-10-8-6-7-9-11-13-15-17-20-38(73-52-49(66)46(48(65)34(4)72-52)56-50(67)39(55)21-18-24-54)28-43-45(51(68)70-5)42(62)30-53(69,74-43)29-37(59)26-41(61)40(60)23-22-35(57)25-36(58)27-44(63)71-33(3)32(2)47(31)64/h6-17,19-20,31-43,45-49,52,57-62,64-66,69H,18,21-30,54-55H2,1-5H3,(H,56,67)/b7-6+,10-8+,11-9+,14-12+,15-13+,19-16+,20-17+/t31-,32-,33-,34+,35+,36+,37-,38-,39?,40+,41+,42-,43?,45+,46-,47+,48+,49-,52-,53+/m0/s1. The molecule has 1 amide bonds. The number of cyclic esters (lactones) is 1. The van der Waals surface area contributed by atoms with Gasteiger partial charge in [0, 0.05) is 37.5 Å². The van der Waals surface area contributed by atoms with Crippen LogP contribution in [0.4, 0.5) is 0 Å². The number of nitrogens with two attached hydrogens (primary N) is 2. The summed E-state index contributed by atoms with van der Waals surface area (Å²) in [4.78, 5) is 38.9. The Balaban J connectivity index is 1.94. The summed E-state index contributed by atoms with van der Waals surface area (Å²) in [5, 5.41) is 113. The topological polar surface area (TPSA) is 364 Å². The Morgan fingerprint density at radius 2 is 1.32 bits per heavy atom. The fourth-order valence-corrected chi connectivity index (χ4v) is 8.97. The first-order valence-corrected chi connectivity index (χ1v) is 25.6. The summed E-state index contributed by atoms with van der Waals surface area (Å²) >= 11 is 0. The number of hydrogen-bond donors (Lipinski definition) is 13. The molecule has 0 radical (unpaired) electrons. The summed E-state index contributed by atoms with van der Waals surface area (Å²) in [5.41, 5.74) is 11.6. The summed E-state index contributed by atoms with van der Waals surface area (Å²) < 4.78 is 28.8. The summed E-state index contributed by atoms with van der Waals surface area (Å²) in [6.45, 7) is 7.01. The summed E-state index contributed by atoms with van der Waals surface area (Å²) in [7, 11) is 1.10. The predicted octanol–water partition coefficient (Wildman–Crippen LogP) is 0.0238. The molecule has 2 saturated heterocycles. The Labute approximate surface area is 434 Å². The second-order valence-electron chi connectivity index (χ2n) is 19.7. The van der Waals surface area contributed by atoms with Crippen molar-refractivity contribution < 1.29 is 89.1 Å². The van der Waals surface area contributed by atoms with Gasteiger partial charge in [0.25, 0.3) is 0 Å².